The lowest BCUT2D eigenvalue weighted by Crippen LogP contribution is -1.96. The highest BCUT2D eigenvalue weighted by molar-refractivity contribution is 6.34. The van der Waals surface area contributed by atoms with Crippen LogP contribution in [0.4, 0.5) is 5.82 Å². The van der Waals surface area contributed by atoms with Gasteiger partial charge in [-0.3, -0.25) is 4.68 Å². The molecule has 5 heteroatoms. The van der Waals surface area contributed by atoms with Crippen LogP contribution in [-0.4, -0.2) is 16.9 Å². The third kappa shape index (κ3) is 2.08. The third-order valence-corrected chi connectivity index (χ3v) is 3.16. The Morgan fingerprint density at radius 2 is 2.06 bits per heavy atom. The molecule has 2 rings (SSSR count). The van der Waals surface area contributed by atoms with Crippen LogP contribution >= 0.6 is 11.6 Å². The van der Waals surface area contributed by atoms with E-state index in [0.717, 1.165) is 22.6 Å². The fourth-order valence-corrected chi connectivity index (χ4v) is 1.86. The zero-order valence-electron chi connectivity index (χ0n) is 9.99. The summed E-state index contributed by atoms with van der Waals surface area (Å²) in [6.45, 7) is 1.93. The highest BCUT2D eigenvalue weighted by Crippen LogP contribution is 2.34. The number of aryl methyl sites for hydroxylation is 2. The standard InChI is InChI=1S/C12H14ClN3O/c1-7-4-8(17-3)5-9(12(7)13)10-6-11(14)16(2)15-10/h4-6H,14H2,1-3H3. The van der Waals surface area contributed by atoms with E-state index in [2.05, 4.69) is 5.10 Å². The molecule has 0 atom stereocenters. The Labute approximate surface area is 105 Å². The molecule has 4 nitrogen and oxygen atoms in total. The van der Waals surface area contributed by atoms with Crippen LogP contribution in [0.15, 0.2) is 18.2 Å². The minimum atomic E-state index is 0.594. The molecule has 0 fully saturated rings. The van der Waals surface area contributed by atoms with Crippen molar-refractivity contribution in [2.24, 2.45) is 7.05 Å². The zero-order chi connectivity index (χ0) is 12.6. The predicted molar refractivity (Wildman–Crippen MR) is 69.4 cm³/mol. The van der Waals surface area contributed by atoms with Gasteiger partial charge in [0.1, 0.15) is 11.6 Å². The Balaban J connectivity index is 2.61. The average molecular weight is 252 g/mol. The maximum Gasteiger partial charge on any atom is 0.121 e. The molecule has 0 aliphatic heterocycles. The number of hydrogen-bond acceptors (Lipinski definition) is 3. The number of rotatable bonds is 2. The van der Waals surface area contributed by atoms with Gasteiger partial charge in [-0.25, -0.2) is 0 Å². The molecule has 0 aliphatic rings. The van der Waals surface area contributed by atoms with Crippen molar-refractivity contribution in [2.45, 2.75) is 6.92 Å². The smallest absolute Gasteiger partial charge is 0.121 e. The number of anilines is 1. The first kappa shape index (κ1) is 11.8. The van der Waals surface area contributed by atoms with Crippen LogP contribution in [0.1, 0.15) is 5.56 Å². The number of ether oxygens (including phenoxy) is 1. The van der Waals surface area contributed by atoms with Crippen molar-refractivity contribution < 1.29 is 4.74 Å². The van der Waals surface area contributed by atoms with Crippen molar-refractivity contribution in [3.05, 3.63) is 28.8 Å². The van der Waals surface area contributed by atoms with Gasteiger partial charge in [0, 0.05) is 18.7 Å². The quantitative estimate of drug-likeness (QED) is 0.893. The lowest BCUT2D eigenvalue weighted by Gasteiger charge is -2.08. The number of nitrogens with zero attached hydrogens (tertiary/aromatic N) is 2. The summed E-state index contributed by atoms with van der Waals surface area (Å²) in [5, 5.41) is 4.98. The van der Waals surface area contributed by atoms with E-state index in [1.807, 2.05) is 19.1 Å². The van der Waals surface area contributed by atoms with E-state index >= 15 is 0 Å². The summed E-state index contributed by atoms with van der Waals surface area (Å²) < 4.78 is 6.84. The Bertz CT molecular complexity index is 544. The fourth-order valence-electron chi connectivity index (χ4n) is 1.65. The highest BCUT2D eigenvalue weighted by atomic mass is 35.5. The molecule has 2 aromatic rings. The molecule has 90 valence electrons. The van der Waals surface area contributed by atoms with Crippen LogP contribution in [0.25, 0.3) is 11.3 Å². The molecule has 0 saturated carbocycles. The van der Waals surface area contributed by atoms with Gasteiger partial charge in [0.2, 0.25) is 0 Å². The number of halogens is 1. The maximum atomic E-state index is 6.27. The molecule has 0 spiro atoms. The first-order chi connectivity index (χ1) is 8.02. The minimum Gasteiger partial charge on any atom is -0.497 e. The average Bonchev–Trinajstić information content (AvgIpc) is 2.62. The molecule has 0 amide bonds. The van der Waals surface area contributed by atoms with Crippen molar-refractivity contribution in [3.63, 3.8) is 0 Å². The molecular weight excluding hydrogens is 238 g/mol. The lowest BCUT2D eigenvalue weighted by molar-refractivity contribution is 0.414. The van der Waals surface area contributed by atoms with Gasteiger partial charge in [0.25, 0.3) is 0 Å². The van der Waals surface area contributed by atoms with E-state index in [1.54, 1.807) is 24.9 Å². The van der Waals surface area contributed by atoms with E-state index < -0.39 is 0 Å². The minimum absolute atomic E-state index is 0.594. The van der Waals surface area contributed by atoms with Crippen LogP contribution < -0.4 is 10.5 Å². The second kappa shape index (κ2) is 4.30. The number of nitrogen functional groups attached to an aromatic ring is 1. The molecule has 0 aliphatic carbocycles. The van der Waals surface area contributed by atoms with Gasteiger partial charge in [-0.1, -0.05) is 11.6 Å². The molecule has 0 saturated heterocycles. The normalized spacial score (nSPS) is 10.6. The van der Waals surface area contributed by atoms with E-state index in [0.29, 0.717) is 10.8 Å². The van der Waals surface area contributed by atoms with Crippen molar-refractivity contribution in [3.8, 4) is 17.0 Å². The first-order valence-electron chi connectivity index (χ1n) is 5.17. The molecule has 0 unspecified atom stereocenters. The number of hydrogen-bond donors (Lipinski definition) is 1. The second-order valence-electron chi connectivity index (χ2n) is 3.88. The Morgan fingerprint density at radius 1 is 1.35 bits per heavy atom. The number of nitrogens with two attached hydrogens (primary N) is 1. The molecule has 2 N–H and O–H groups in total. The topological polar surface area (TPSA) is 53.1 Å². The Kier molecular flexibility index (Phi) is 2.98. The third-order valence-electron chi connectivity index (χ3n) is 2.66. The van der Waals surface area contributed by atoms with Gasteiger partial charge in [-0.2, -0.15) is 5.10 Å². The molecule has 1 aromatic heterocycles. The van der Waals surface area contributed by atoms with E-state index in [4.69, 9.17) is 22.1 Å². The van der Waals surface area contributed by atoms with Crippen molar-refractivity contribution in [1.82, 2.24) is 9.78 Å². The number of methoxy groups -OCH3 is 1. The molecule has 0 radical (unpaired) electrons. The van der Waals surface area contributed by atoms with Gasteiger partial charge in [0.05, 0.1) is 17.8 Å². The van der Waals surface area contributed by atoms with Gasteiger partial charge >= 0.3 is 0 Å². The van der Waals surface area contributed by atoms with Crippen LogP contribution in [0, 0.1) is 6.92 Å². The van der Waals surface area contributed by atoms with Crippen LogP contribution in [0.5, 0.6) is 5.75 Å². The number of aromatic nitrogens is 2. The molecule has 0 bridgehead atoms. The first-order valence-corrected chi connectivity index (χ1v) is 5.54. The van der Waals surface area contributed by atoms with Crippen molar-refractivity contribution in [2.75, 3.05) is 12.8 Å². The van der Waals surface area contributed by atoms with Gasteiger partial charge in [0.15, 0.2) is 0 Å². The summed E-state index contributed by atoms with van der Waals surface area (Å²) in [6.07, 6.45) is 0. The van der Waals surface area contributed by atoms with Crippen LogP contribution in [0.2, 0.25) is 5.02 Å². The molecular formula is C12H14ClN3O. The van der Waals surface area contributed by atoms with Crippen molar-refractivity contribution >= 4 is 17.4 Å². The summed E-state index contributed by atoms with van der Waals surface area (Å²) >= 11 is 6.27. The highest BCUT2D eigenvalue weighted by Gasteiger charge is 2.12. The SMILES string of the molecule is COc1cc(C)c(Cl)c(-c2cc(N)n(C)n2)c1. The summed E-state index contributed by atoms with van der Waals surface area (Å²) in [7, 11) is 3.42. The summed E-state index contributed by atoms with van der Waals surface area (Å²) in [5.41, 5.74) is 8.29. The van der Waals surface area contributed by atoms with Crippen LogP contribution in [0.3, 0.4) is 0 Å². The van der Waals surface area contributed by atoms with E-state index in [9.17, 15) is 0 Å². The second-order valence-corrected chi connectivity index (χ2v) is 4.26. The summed E-state index contributed by atoms with van der Waals surface area (Å²) in [6, 6.07) is 5.54. The van der Waals surface area contributed by atoms with Gasteiger partial charge < -0.3 is 10.5 Å². The van der Waals surface area contributed by atoms with Gasteiger partial charge in [-0.05, 0) is 24.6 Å². The van der Waals surface area contributed by atoms with E-state index in [-0.39, 0.29) is 0 Å². The molecule has 17 heavy (non-hydrogen) atoms. The van der Waals surface area contributed by atoms with Gasteiger partial charge in [-0.15, -0.1) is 0 Å². The summed E-state index contributed by atoms with van der Waals surface area (Å²) in [4.78, 5) is 0. The number of benzene rings is 1. The Morgan fingerprint density at radius 3 is 2.59 bits per heavy atom. The fraction of sp³-hybridized carbons (Fsp3) is 0.250. The lowest BCUT2D eigenvalue weighted by atomic mass is 10.1. The Hall–Kier alpha value is -1.68. The predicted octanol–water partition coefficient (Wildman–Crippen LogP) is 2.64. The summed E-state index contributed by atoms with van der Waals surface area (Å²) in [5.74, 6) is 1.35. The maximum absolute atomic E-state index is 6.27. The van der Waals surface area contributed by atoms with Crippen LogP contribution in [-0.2, 0) is 7.05 Å². The largest absolute Gasteiger partial charge is 0.497 e. The monoisotopic (exact) mass is 251 g/mol. The van der Waals surface area contributed by atoms with Crippen molar-refractivity contribution in [1.29, 1.82) is 0 Å². The van der Waals surface area contributed by atoms with E-state index in [1.165, 1.54) is 0 Å². The molecule has 1 aromatic carbocycles. The molecule has 1 heterocycles. The zero-order valence-corrected chi connectivity index (χ0v) is 10.7.